The molecule has 1 aromatic heterocycles. The smallest absolute Gasteiger partial charge is 0.328 e. The summed E-state index contributed by atoms with van der Waals surface area (Å²) in [6.07, 6.45) is 3.57. The predicted octanol–water partition coefficient (Wildman–Crippen LogP) is 0.724. The maximum Gasteiger partial charge on any atom is 0.328 e. The molecule has 1 atom stereocenters. The number of likely N-dealkylation sites (tertiary alicyclic amines) is 1. The standard InChI is InChI=1S/C12H14N2O4S/c15-6-9-2-3-11(16)14(9)5-10-13-8(7-19-10)1-4-12(17)18/h1,4,7,9,15H,2-3,5-6H2,(H,17,18)/t9-/m1/s1. The van der Waals surface area contributed by atoms with Crippen LogP contribution in [0, 0.1) is 0 Å². The first-order valence-electron chi connectivity index (χ1n) is 5.86. The van der Waals surface area contributed by atoms with Crippen LogP contribution < -0.4 is 0 Å². The summed E-state index contributed by atoms with van der Waals surface area (Å²) in [6.45, 7) is 0.332. The number of aromatic nitrogens is 1. The van der Waals surface area contributed by atoms with Gasteiger partial charge in [-0.2, -0.15) is 0 Å². The van der Waals surface area contributed by atoms with Crippen molar-refractivity contribution in [1.82, 2.24) is 9.88 Å². The van der Waals surface area contributed by atoms with E-state index in [9.17, 15) is 14.7 Å². The summed E-state index contributed by atoms with van der Waals surface area (Å²) >= 11 is 1.37. The molecule has 2 N–H and O–H groups in total. The Bertz CT molecular complexity index is 512. The van der Waals surface area contributed by atoms with Crippen LogP contribution in [0.1, 0.15) is 23.5 Å². The minimum absolute atomic E-state index is 0.0249. The Morgan fingerprint density at radius 1 is 1.63 bits per heavy atom. The van der Waals surface area contributed by atoms with Crippen molar-refractivity contribution in [3.63, 3.8) is 0 Å². The zero-order chi connectivity index (χ0) is 13.8. The molecular formula is C12H14N2O4S. The van der Waals surface area contributed by atoms with E-state index in [2.05, 4.69) is 4.98 Å². The Hall–Kier alpha value is -1.73. The number of amides is 1. The number of thiazole rings is 1. The van der Waals surface area contributed by atoms with E-state index in [-0.39, 0.29) is 18.6 Å². The minimum atomic E-state index is -1.02. The number of carboxylic acids is 1. The summed E-state index contributed by atoms with van der Waals surface area (Å²) in [4.78, 5) is 27.9. The van der Waals surface area contributed by atoms with Crippen LogP contribution in [0.15, 0.2) is 11.5 Å². The van der Waals surface area contributed by atoms with E-state index >= 15 is 0 Å². The van der Waals surface area contributed by atoms with Crippen LogP contribution in [-0.2, 0) is 16.1 Å². The normalized spacial score (nSPS) is 19.5. The third kappa shape index (κ3) is 3.39. The van der Waals surface area contributed by atoms with Crippen molar-refractivity contribution in [2.24, 2.45) is 0 Å². The summed E-state index contributed by atoms with van der Waals surface area (Å²) < 4.78 is 0. The van der Waals surface area contributed by atoms with Gasteiger partial charge in [-0.05, 0) is 12.5 Å². The number of carboxylic acid groups (broad SMARTS) is 1. The molecule has 1 amide bonds. The molecule has 0 aromatic carbocycles. The van der Waals surface area contributed by atoms with Crippen molar-refractivity contribution in [2.75, 3.05) is 6.61 Å². The van der Waals surface area contributed by atoms with Crippen LogP contribution in [-0.4, -0.2) is 44.6 Å². The highest BCUT2D eigenvalue weighted by Crippen LogP contribution is 2.22. The highest BCUT2D eigenvalue weighted by atomic mass is 32.1. The fourth-order valence-corrected chi connectivity index (χ4v) is 2.74. The predicted molar refractivity (Wildman–Crippen MR) is 69.4 cm³/mol. The molecule has 0 saturated carbocycles. The monoisotopic (exact) mass is 282 g/mol. The Labute approximate surface area is 114 Å². The van der Waals surface area contributed by atoms with Crippen molar-refractivity contribution in [3.8, 4) is 0 Å². The average Bonchev–Trinajstić information content (AvgIpc) is 2.96. The molecule has 0 bridgehead atoms. The van der Waals surface area contributed by atoms with E-state index in [1.54, 1.807) is 10.3 Å². The summed E-state index contributed by atoms with van der Waals surface area (Å²) in [5.41, 5.74) is 0.564. The van der Waals surface area contributed by atoms with Crippen molar-refractivity contribution >= 4 is 29.3 Å². The van der Waals surface area contributed by atoms with Crippen LogP contribution in [0.5, 0.6) is 0 Å². The number of aliphatic carboxylic acids is 1. The van der Waals surface area contributed by atoms with Gasteiger partial charge < -0.3 is 15.1 Å². The number of rotatable bonds is 5. The number of aliphatic hydroxyl groups is 1. The first kappa shape index (κ1) is 13.7. The number of aliphatic hydroxyl groups excluding tert-OH is 1. The maximum absolute atomic E-state index is 11.7. The zero-order valence-electron chi connectivity index (χ0n) is 10.2. The molecular weight excluding hydrogens is 268 g/mol. The molecule has 0 unspecified atom stereocenters. The van der Waals surface area contributed by atoms with E-state index in [1.165, 1.54) is 17.4 Å². The largest absolute Gasteiger partial charge is 0.478 e. The number of hydrogen-bond acceptors (Lipinski definition) is 5. The quantitative estimate of drug-likeness (QED) is 0.777. The lowest BCUT2D eigenvalue weighted by Crippen LogP contribution is -2.34. The number of nitrogens with zero attached hydrogens (tertiary/aromatic N) is 2. The SMILES string of the molecule is O=C(O)C=Cc1csc(CN2C(=O)CC[C@@H]2CO)n1. The Balaban J connectivity index is 2.03. The van der Waals surface area contributed by atoms with Gasteiger partial charge in [0.2, 0.25) is 5.91 Å². The number of carbonyl (C=O) groups is 2. The van der Waals surface area contributed by atoms with E-state index < -0.39 is 5.97 Å². The second-order valence-corrected chi connectivity index (χ2v) is 5.18. The van der Waals surface area contributed by atoms with Gasteiger partial charge in [-0.3, -0.25) is 4.79 Å². The Kier molecular flexibility index (Phi) is 4.28. The molecule has 1 fully saturated rings. The van der Waals surface area contributed by atoms with Crippen molar-refractivity contribution < 1.29 is 19.8 Å². The number of hydrogen-bond donors (Lipinski definition) is 2. The molecule has 1 aliphatic heterocycles. The van der Waals surface area contributed by atoms with Crippen molar-refractivity contribution in [3.05, 3.63) is 22.2 Å². The molecule has 1 aromatic rings. The van der Waals surface area contributed by atoms with Gasteiger partial charge in [0.15, 0.2) is 0 Å². The van der Waals surface area contributed by atoms with Crippen LogP contribution in [0.4, 0.5) is 0 Å². The van der Waals surface area contributed by atoms with E-state index in [0.717, 1.165) is 11.1 Å². The second-order valence-electron chi connectivity index (χ2n) is 4.23. The molecule has 1 saturated heterocycles. The van der Waals surface area contributed by atoms with Gasteiger partial charge in [-0.1, -0.05) is 0 Å². The highest BCUT2D eigenvalue weighted by Gasteiger charge is 2.30. The molecule has 2 rings (SSSR count). The first-order chi connectivity index (χ1) is 9.10. The van der Waals surface area contributed by atoms with Gasteiger partial charge in [-0.15, -0.1) is 11.3 Å². The number of carbonyl (C=O) groups excluding carboxylic acids is 1. The molecule has 0 aliphatic carbocycles. The van der Waals surface area contributed by atoms with Gasteiger partial charge in [-0.25, -0.2) is 9.78 Å². The van der Waals surface area contributed by atoms with Gasteiger partial charge in [0, 0.05) is 17.9 Å². The third-order valence-electron chi connectivity index (χ3n) is 2.94. The lowest BCUT2D eigenvalue weighted by Gasteiger charge is -2.21. The van der Waals surface area contributed by atoms with E-state index in [1.807, 2.05) is 0 Å². The van der Waals surface area contributed by atoms with Crippen LogP contribution in [0.25, 0.3) is 6.08 Å². The second kappa shape index (κ2) is 5.94. The van der Waals surface area contributed by atoms with Gasteiger partial charge in [0.1, 0.15) is 5.01 Å². The average molecular weight is 282 g/mol. The molecule has 7 heteroatoms. The molecule has 0 spiro atoms. The van der Waals surface area contributed by atoms with Crippen LogP contribution in [0.3, 0.4) is 0 Å². The third-order valence-corrected chi connectivity index (χ3v) is 3.79. The summed E-state index contributed by atoms with van der Waals surface area (Å²) in [5, 5.41) is 20.2. The lowest BCUT2D eigenvalue weighted by molar-refractivity contribution is -0.131. The van der Waals surface area contributed by atoms with Gasteiger partial charge in [0.25, 0.3) is 0 Å². The summed E-state index contributed by atoms with van der Waals surface area (Å²) in [5.74, 6) is -0.999. The molecule has 6 nitrogen and oxygen atoms in total. The summed E-state index contributed by atoms with van der Waals surface area (Å²) in [7, 11) is 0. The lowest BCUT2D eigenvalue weighted by atomic mass is 10.2. The topological polar surface area (TPSA) is 90.7 Å². The fraction of sp³-hybridized carbons (Fsp3) is 0.417. The van der Waals surface area contributed by atoms with Gasteiger partial charge >= 0.3 is 5.97 Å². The first-order valence-corrected chi connectivity index (χ1v) is 6.74. The molecule has 0 radical (unpaired) electrons. The molecule has 19 heavy (non-hydrogen) atoms. The van der Waals surface area contributed by atoms with Crippen molar-refractivity contribution in [2.45, 2.75) is 25.4 Å². The van der Waals surface area contributed by atoms with Crippen LogP contribution >= 0.6 is 11.3 Å². The highest BCUT2D eigenvalue weighted by molar-refractivity contribution is 7.09. The fourth-order valence-electron chi connectivity index (χ4n) is 1.98. The Morgan fingerprint density at radius 3 is 3.11 bits per heavy atom. The van der Waals surface area contributed by atoms with Crippen LogP contribution in [0.2, 0.25) is 0 Å². The molecule has 2 heterocycles. The van der Waals surface area contributed by atoms with E-state index in [0.29, 0.717) is 25.1 Å². The maximum atomic E-state index is 11.7. The summed E-state index contributed by atoms with van der Waals surface area (Å²) in [6, 6.07) is -0.130. The molecule has 1 aliphatic rings. The van der Waals surface area contributed by atoms with Gasteiger partial charge in [0.05, 0.1) is 24.9 Å². The zero-order valence-corrected chi connectivity index (χ0v) is 11.0. The van der Waals surface area contributed by atoms with E-state index in [4.69, 9.17) is 5.11 Å². The van der Waals surface area contributed by atoms with Crippen molar-refractivity contribution in [1.29, 1.82) is 0 Å². The molecule has 102 valence electrons. The minimum Gasteiger partial charge on any atom is -0.478 e. The Morgan fingerprint density at radius 2 is 2.42 bits per heavy atom.